The van der Waals surface area contributed by atoms with E-state index in [4.69, 9.17) is 11.6 Å². The van der Waals surface area contributed by atoms with Crippen LogP contribution < -0.4 is 5.32 Å². The van der Waals surface area contributed by atoms with Gasteiger partial charge in [0.05, 0.1) is 5.41 Å². The zero-order valence-electron chi connectivity index (χ0n) is 14.3. The summed E-state index contributed by atoms with van der Waals surface area (Å²) in [5.41, 5.74) is 1.20. The molecule has 1 aromatic rings. The SMILES string of the molecule is O=C(NCCC12CCCN1CCC2)C1(c2ccc(Cl)cc2)CCC1. The molecule has 0 unspecified atom stereocenters. The largest absolute Gasteiger partial charge is 0.355 e. The van der Waals surface area contributed by atoms with Gasteiger partial charge in [-0.3, -0.25) is 9.69 Å². The van der Waals surface area contributed by atoms with Crippen molar-refractivity contribution >= 4 is 17.5 Å². The smallest absolute Gasteiger partial charge is 0.230 e. The highest BCUT2D eigenvalue weighted by molar-refractivity contribution is 6.30. The molecular formula is C20H27ClN2O. The van der Waals surface area contributed by atoms with Crippen LogP contribution in [-0.4, -0.2) is 36.0 Å². The topological polar surface area (TPSA) is 32.3 Å². The third-order valence-corrected chi connectivity index (χ3v) is 6.98. The van der Waals surface area contributed by atoms with Gasteiger partial charge in [-0.15, -0.1) is 0 Å². The average molecular weight is 347 g/mol. The number of carbonyl (C=O) groups is 1. The van der Waals surface area contributed by atoms with Gasteiger partial charge in [-0.2, -0.15) is 0 Å². The Morgan fingerprint density at radius 1 is 1.04 bits per heavy atom. The van der Waals surface area contributed by atoms with Gasteiger partial charge in [-0.25, -0.2) is 0 Å². The molecule has 0 spiro atoms. The summed E-state index contributed by atoms with van der Waals surface area (Å²) < 4.78 is 0. The third kappa shape index (κ3) is 2.66. The van der Waals surface area contributed by atoms with Gasteiger partial charge in [0.2, 0.25) is 5.91 Å². The molecule has 4 heteroatoms. The molecule has 2 saturated heterocycles. The van der Waals surface area contributed by atoms with Crippen LogP contribution in [0, 0.1) is 0 Å². The van der Waals surface area contributed by atoms with Crippen molar-refractivity contribution in [3.05, 3.63) is 34.9 Å². The Balaban J connectivity index is 1.39. The van der Waals surface area contributed by atoms with Crippen molar-refractivity contribution in [3.8, 4) is 0 Å². The Morgan fingerprint density at radius 2 is 1.71 bits per heavy atom. The molecule has 2 aliphatic heterocycles. The van der Waals surface area contributed by atoms with Crippen LogP contribution in [-0.2, 0) is 10.2 Å². The lowest BCUT2D eigenvalue weighted by atomic mass is 9.64. The summed E-state index contributed by atoms with van der Waals surface area (Å²) in [4.78, 5) is 15.6. The molecule has 1 aliphatic carbocycles. The van der Waals surface area contributed by atoms with Crippen molar-refractivity contribution in [1.29, 1.82) is 0 Å². The fraction of sp³-hybridized carbons (Fsp3) is 0.650. The van der Waals surface area contributed by atoms with Crippen molar-refractivity contribution in [3.63, 3.8) is 0 Å². The number of nitrogens with zero attached hydrogens (tertiary/aromatic N) is 1. The summed E-state index contributed by atoms with van der Waals surface area (Å²) in [5.74, 6) is 0.218. The summed E-state index contributed by atoms with van der Waals surface area (Å²) in [6.07, 6.45) is 9.42. The van der Waals surface area contributed by atoms with E-state index in [9.17, 15) is 4.79 Å². The minimum absolute atomic E-state index is 0.218. The van der Waals surface area contributed by atoms with Crippen LogP contribution in [0.4, 0.5) is 0 Å². The van der Waals surface area contributed by atoms with Crippen LogP contribution in [0.5, 0.6) is 0 Å². The Bertz CT molecular complexity index is 599. The molecule has 130 valence electrons. The number of fused-ring (bicyclic) bond motifs is 1. The average Bonchev–Trinajstić information content (AvgIpc) is 3.08. The first kappa shape index (κ1) is 16.4. The summed E-state index contributed by atoms with van der Waals surface area (Å²) in [6.45, 7) is 3.32. The lowest BCUT2D eigenvalue weighted by Gasteiger charge is -2.41. The quantitative estimate of drug-likeness (QED) is 0.877. The molecule has 3 nitrogen and oxygen atoms in total. The van der Waals surface area contributed by atoms with E-state index in [-0.39, 0.29) is 11.3 Å². The minimum Gasteiger partial charge on any atom is -0.355 e. The molecule has 1 amide bonds. The van der Waals surface area contributed by atoms with Gasteiger partial charge in [0.25, 0.3) is 0 Å². The fourth-order valence-corrected chi connectivity index (χ4v) is 5.28. The number of rotatable bonds is 5. The number of hydrogen-bond acceptors (Lipinski definition) is 2. The van der Waals surface area contributed by atoms with Crippen molar-refractivity contribution < 1.29 is 4.79 Å². The number of halogens is 1. The number of amides is 1. The summed E-state index contributed by atoms with van der Waals surface area (Å²) in [7, 11) is 0. The van der Waals surface area contributed by atoms with E-state index in [1.807, 2.05) is 24.3 Å². The maximum atomic E-state index is 12.9. The van der Waals surface area contributed by atoms with Crippen molar-refractivity contribution in [2.45, 2.75) is 62.3 Å². The lowest BCUT2D eigenvalue weighted by Crippen LogP contribution is -2.50. The van der Waals surface area contributed by atoms with Gasteiger partial charge in [-0.1, -0.05) is 30.2 Å². The molecule has 0 radical (unpaired) electrons. The van der Waals surface area contributed by atoms with E-state index < -0.39 is 0 Å². The van der Waals surface area contributed by atoms with E-state index >= 15 is 0 Å². The summed E-state index contributed by atoms with van der Waals surface area (Å²) >= 11 is 6.00. The Kier molecular flexibility index (Phi) is 4.34. The highest BCUT2D eigenvalue weighted by Crippen LogP contribution is 2.45. The van der Waals surface area contributed by atoms with E-state index in [0.29, 0.717) is 5.54 Å². The Morgan fingerprint density at radius 3 is 2.29 bits per heavy atom. The molecule has 3 aliphatic rings. The second kappa shape index (κ2) is 6.34. The van der Waals surface area contributed by atoms with Crippen LogP contribution in [0.15, 0.2) is 24.3 Å². The third-order valence-electron chi connectivity index (χ3n) is 6.73. The van der Waals surface area contributed by atoms with Crippen LogP contribution in [0.2, 0.25) is 5.02 Å². The lowest BCUT2D eigenvalue weighted by molar-refractivity contribution is -0.130. The molecule has 0 bridgehead atoms. The number of carbonyl (C=O) groups excluding carboxylic acids is 1. The van der Waals surface area contributed by atoms with Gasteiger partial charge < -0.3 is 5.32 Å². The first-order valence-electron chi connectivity index (χ1n) is 9.44. The van der Waals surface area contributed by atoms with Crippen molar-refractivity contribution in [2.24, 2.45) is 0 Å². The minimum atomic E-state index is -0.312. The predicted octanol–water partition coefficient (Wildman–Crippen LogP) is 3.90. The second-order valence-corrected chi connectivity index (χ2v) is 8.30. The molecule has 24 heavy (non-hydrogen) atoms. The van der Waals surface area contributed by atoms with Crippen LogP contribution >= 0.6 is 11.6 Å². The van der Waals surface area contributed by atoms with Gasteiger partial charge in [0, 0.05) is 17.1 Å². The Labute approximate surface area is 149 Å². The molecule has 4 rings (SSSR count). The van der Waals surface area contributed by atoms with Crippen LogP contribution in [0.25, 0.3) is 0 Å². The molecule has 0 aromatic heterocycles. The monoisotopic (exact) mass is 346 g/mol. The van der Waals surface area contributed by atoms with Gasteiger partial charge in [0.1, 0.15) is 0 Å². The summed E-state index contributed by atoms with van der Waals surface area (Å²) in [5, 5.41) is 4.01. The molecule has 1 aromatic carbocycles. The highest BCUT2D eigenvalue weighted by atomic mass is 35.5. The highest BCUT2D eigenvalue weighted by Gasteiger charge is 2.46. The molecule has 3 fully saturated rings. The molecule has 2 heterocycles. The zero-order valence-corrected chi connectivity index (χ0v) is 15.1. The van der Waals surface area contributed by atoms with Crippen LogP contribution in [0.1, 0.15) is 56.9 Å². The van der Waals surface area contributed by atoms with E-state index in [1.54, 1.807) is 0 Å². The maximum absolute atomic E-state index is 12.9. The van der Waals surface area contributed by atoms with Crippen molar-refractivity contribution in [1.82, 2.24) is 10.2 Å². The van der Waals surface area contributed by atoms with E-state index in [0.717, 1.165) is 42.8 Å². The first-order chi connectivity index (χ1) is 11.6. The van der Waals surface area contributed by atoms with Crippen molar-refractivity contribution in [2.75, 3.05) is 19.6 Å². The van der Waals surface area contributed by atoms with Crippen LogP contribution in [0.3, 0.4) is 0 Å². The van der Waals surface area contributed by atoms with E-state index in [1.165, 1.54) is 38.8 Å². The van der Waals surface area contributed by atoms with Gasteiger partial charge in [-0.05, 0) is 75.7 Å². The number of nitrogens with one attached hydrogen (secondary N) is 1. The van der Waals surface area contributed by atoms with Gasteiger partial charge >= 0.3 is 0 Å². The Hall–Kier alpha value is -1.06. The normalized spacial score (nSPS) is 24.4. The first-order valence-corrected chi connectivity index (χ1v) is 9.82. The second-order valence-electron chi connectivity index (χ2n) is 7.87. The number of benzene rings is 1. The molecule has 1 saturated carbocycles. The molecule has 1 N–H and O–H groups in total. The maximum Gasteiger partial charge on any atom is 0.230 e. The molecule has 0 atom stereocenters. The summed E-state index contributed by atoms with van der Waals surface area (Å²) in [6, 6.07) is 7.85. The molecular weight excluding hydrogens is 320 g/mol. The standard InChI is InChI=1S/C20H27ClN2O/c21-17-6-4-16(5-7-17)20(10-1-11-20)18(24)22-13-12-19-8-2-14-23(19)15-3-9-19/h4-7H,1-3,8-15H2,(H,22,24). The zero-order chi connectivity index (χ0) is 16.6. The van der Waals surface area contributed by atoms with E-state index in [2.05, 4.69) is 10.2 Å². The fourth-order valence-electron chi connectivity index (χ4n) is 5.16. The number of hydrogen-bond donors (Lipinski definition) is 1. The van der Waals surface area contributed by atoms with Gasteiger partial charge in [0.15, 0.2) is 0 Å². The predicted molar refractivity (Wildman–Crippen MR) is 97.4 cm³/mol.